The first kappa shape index (κ1) is 27.6. The number of aromatic nitrogens is 2. The van der Waals surface area contributed by atoms with Crippen molar-refractivity contribution in [2.75, 3.05) is 7.05 Å². The van der Waals surface area contributed by atoms with Gasteiger partial charge in [-0.25, -0.2) is 0 Å². The minimum absolute atomic E-state index is 0.910. The standard InChI is InChI=1S/C43H33N3/c1-44-26-7-8-30-12-14-31(15-13-30)35-21-24-39-40-25-22-36-28-34(32-16-18-33(19-17-32)41-11-5-6-27-45-41)20-23-38(36)43(40)46(42(39)29-35)37-9-3-2-4-10-37/h2-7,9-29,44H,8H2,1H3/b26-7-. The molecule has 220 valence electrons. The topological polar surface area (TPSA) is 29.9 Å². The number of pyridine rings is 1. The molecule has 0 aliphatic carbocycles. The van der Waals surface area contributed by atoms with Crippen LogP contribution in [0.15, 0.2) is 164 Å². The molecule has 0 saturated carbocycles. The van der Waals surface area contributed by atoms with Crippen LogP contribution in [0.3, 0.4) is 0 Å². The van der Waals surface area contributed by atoms with Crippen molar-refractivity contribution in [2.45, 2.75) is 6.42 Å². The summed E-state index contributed by atoms with van der Waals surface area (Å²) in [4.78, 5) is 4.50. The van der Waals surface area contributed by atoms with E-state index in [1.54, 1.807) is 0 Å². The van der Waals surface area contributed by atoms with Crippen LogP contribution in [0, 0.1) is 0 Å². The Balaban J connectivity index is 1.25. The van der Waals surface area contributed by atoms with Crippen LogP contribution in [0.1, 0.15) is 5.56 Å². The fraction of sp³-hybridized carbons (Fsp3) is 0.0465. The van der Waals surface area contributed by atoms with E-state index in [9.17, 15) is 0 Å². The van der Waals surface area contributed by atoms with E-state index in [4.69, 9.17) is 0 Å². The molecule has 0 fully saturated rings. The second kappa shape index (κ2) is 11.9. The number of hydrogen-bond donors (Lipinski definition) is 1. The fourth-order valence-electron chi connectivity index (χ4n) is 6.55. The Hall–Kier alpha value is -5.93. The van der Waals surface area contributed by atoms with Gasteiger partial charge in [-0.2, -0.15) is 0 Å². The molecule has 0 spiro atoms. The highest BCUT2D eigenvalue weighted by Gasteiger charge is 2.16. The molecule has 0 amide bonds. The lowest BCUT2D eigenvalue weighted by Crippen LogP contribution is -1.94. The second-order valence-corrected chi connectivity index (χ2v) is 11.7. The zero-order valence-corrected chi connectivity index (χ0v) is 25.7. The van der Waals surface area contributed by atoms with Gasteiger partial charge in [0.2, 0.25) is 0 Å². The molecule has 2 heterocycles. The van der Waals surface area contributed by atoms with Gasteiger partial charge in [0, 0.05) is 40.7 Å². The van der Waals surface area contributed by atoms with Crippen LogP contribution in [0.5, 0.6) is 0 Å². The molecule has 8 aromatic rings. The first-order valence-electron chi connectivity index (χ1n) is 15.8. The molecule has 0 bridgehead atoms. The zero-order valence-electron chi connectivity index (χ0n) is 25.7. The van der Waals surface area contributed by atoms with Crippen molar-refractivity contribution in [3.05, 3.63) is 170 Å². The molecule has 6 aromatic carbocycles. The number of fused-ring (bicyclic) bond motifs is 5. The number of nitrogens with one attached hydrogen (secondary N) is 1. The minimum atomic E-state index is 0.910. The van der Waals surface area contributed by atoms with Gasteiger partial charge in [0.15, 0.2) is 0 Å². The second-order valence-electron chi connectivity index (χ2n) is 11.7. The van der Waals surface area contributed by atoms with Crippen molar-refractivity contribution in [1.29, 1.82) is 0 Å². The predicted octanol–water partition coefficient (Wildman–Crippen LogP) is 10.6. The lowest BCUT2D eigenvalue weighted by Gasteiger charge is -2.12. The maximum atomic E-state index is 4.50. The normalized spacial score (nSPS) is 11.6. The van der Waals surface area contributed by atoms with E-state index in [0.717, 1.165) is 23.4 Å². The number of allylic oxidation sites excluding steroid dienone is 1. The number of hydrogen-bond acceptors (Lipinski definition) is 2. The molecule has 8 rings (SSSR count). The summed E-state index contributed by atoms with van der Waals surface area (Å²) in [5.74, 6) is 0. The molecule has 46 heavy (non-hydrogen) atoms. The van der Waals surface area contributed by atoms with Crippen molar-refractivity contribution in [3.8, 4) is 39.2 Å². The van der Waals surface area contributed by atoms with E-state index in [-0.39, 0.29) is 0 Å². The Morgan fingerprint density at radius 2 is 1.24 bits per heavy atom. The van der Waals surface area contributed by atoms with Gasteiger partial charge in [-0.15, -0.1) is 0 Å². The van der Waals surface area contributed by atoms with Crippen molar-refractivity contribution < 1.29 is 0 Å². The fourth-order valence-corrected chi connectivity index (χ4v) is 6.55. The van der Waals surface area contributed by atoms with Gasteiger partial charge < -0.3 is 9.88 Å². The Kier molecular flexibility index (Phi) is 7.12. The Bertz CT molecular complexity index is 2330. The van der Waals surface area contributed by atoms with Crippen LogP contribution in [-0.4, -0.2) is 16.6 Å². The Labute approximate surface area is 269 Å². The van der Waals surface area contributed by atoms with E-state index in [1.807, 2.05) is 37.6 Å². The predicted molar refractivity (Wildman–Crippen MR) is 194 cm³/mol. The van der Waals surface area contributed by atoms with Gasteiger partial charge >= 0.3 is 0 Å². The summed E-state index contributed by atoms with van der Waals surface area (Å²) in [7, 11) is 1.93. The quantitative estimate of drug-likeness (QED) is 0.200. The summed E-state index contributed by atoms with van der Waals surface area (Å²) in [6.07, 6.45) is 6.88. The zero-order chi connectivity index (χ0) is 30.9. The molecule has 1 N–H and O–H groups in total. The summed E-state index contributed by atoms with van der Waals surface area (Å²) in [6, 6.07) is 52.7. The molecule has 0 atom stereocenters. The molecule has 3 heteroatoms. The van der Waals surface area contributed by atoms with Gasteiger partial charge in [-0.1, -0.05) is 115 Å². The summed E-state index contributed by atoms with van der Waals surface area (Å²) >= 11 is 0. The first-order valence-corrected chi connectivity index (χ1v) is 15.8. The van der Waals surface area contributed by atoms with Gasteiger partial charge in [0.25, 0.3) is 0 Å². The first-order chi connectivity index (χ1) is 22.8. The monoisotopic (exact) mass is 591 g/mol. The van der Waals surface area contributed by atoms with E-state index < -0.39 is 0 Å². The van der Waals surface area contributed by atoms with Gasteiger partial charge in [0.05, 0.1) is 16.7 Å². The molecule has 2 aromatic heterocycles. The highest BCUT2D eigenvalue weighted by atomic mass is 15.0. The number of nitrogens with zero attached hydrogens (tertiary/aromatic N) is 2. The third kappa shape index (κ3) is 5.02. The van der Waals surface area contributed by atoms with Crippen LogP contribution in [0.2, 0.25) is 0 Å². The molecule has 0 aliphatic heterocycles. The maximum absolute atomic E-state index is 4.50. The molecular weight excluding hydrogens is 558 g/mol. The molecule has 0 radical (unpaired) electrons. The smallest absolute Gasteiger partial charge is 0.0701 e. The third-order valence-electron chi connectivity index (χ3n) is 8.86. The number of benzene rings is 6. The van der Waals surface area contributed by atoms with Crippen LogP contribution in [0.4, 0.5) is 0 Å². The molecule has 0 unspecified atom stereocenters. The van der Waals surface area contributed by atoms with Crippen molar-refractivity contribution in [3.63, 3.8) is 0 Å². The lowest BCUT2D eigenvalue weighted by molar-refractivity contribution is 1.08. The van der Waals surface area contributed by atoms with Crippen LogP contribution in [-0.2, 0) is 6.42 Å². The number of para-hydroxylation sites is 1. The van der Waals surface area contributed by atoms with Crippen molar-refractivity contribution in [2.24, 2.45) is 0 Å². The molecule has 3 nitrogen and oxygen atoms in total. The average Bonchev–Trinajstić information content (AvgIpc) is 3.47. The van der Waals surface area contributed by atoms with E-state index >= 15 is 0 Å². The Morgan fingerprint density at radius 3 is 1.98 bits per heavy atom. The summed E-state index contributed by atoms with van der Waals surface area (Å²) in [5, 5.41) is 8.05. The Morgan fingerprint density at radius 1 is 0.587 bits per heavy atom. The van der Waals surface area contributed by atoms with E-state index in [0.29, 0.717) is 0 Å². The van der Waals surface area contributed by atoms with Crippen LogP contribution >= 0.6 is 0 Å². The van der Waals surface area contributed by atoms with Crippen molar-refractivity contribution in [1.82, 2.24) is 14.9 Å². The largest absolute Gasteiger partial charge is 0.394 e. The van der Waals surface area contributed by atoms with E-state index in [2.05, 4.69) is 148 Å². The average molecular weight is 592 g/mol. The molecule has 0 saturated heterocycles. The molecular formula is C43H33N3. The van der Waals surface area contributed by atoms with Crippen molar-refractivity contribution >= 4 is 32.6 Å². The minimum Gasteiger partial charge on any atom is -0.394 e. The van der Waals surface area contributed by atoms with Gasteiger partial charge in [-0.05, 0) is 82.2 Å². The van der Waals surface area contributed by atoms with Gasteiger partial charge in [-0.3, -0.25) is 4.98 Å². The van der Waals surface area contributed by atoms with Crippen LogP contribution in [0.25, 0.3) is 71.8 Å². The number of rotatable bonds is 7. The third-order valence-corrected chi connectivity index (χ3v) is 8.86. The van der Waals surface area contributed by atoms with E-state index in [1.165, 1.54) is 60.4 Å². The molecule has 0 aliphatic rings. The summed E-state index contributed by atoms with van der Waals surface area (Å²) < 4.78 is 2.44. The lowest BCUT2D eigenvalue weighted by atomic mass is 9.98. The SMILES string of the molecule is CN/C=C\Cc1ccc(-c2ccc3c4ccc5cc(-c6ccc(-c7ccccn7)cc6)ccc5c4n(-c4ccccc4)c3c2)cc1. The highest BCUT2D eigenvalue weighted by molar-refractivity contribution is 6.19. The summed E-state index contributed by atoms with van der Waals surface area (Å²) in [6.45, 7) is 0. The van der Waals surface area contributed by atoms with Crippen LogP contribution < -0.4 is 5.32 Å². The summed E-state index contributed by atoms with van der Waals surface area (Å²) in [5.41, 5.74) is 11.8. The van der Waals surface area contributed by atoms with Gasteiger partial charge in [0.1, 0.15) is 0 Å². The maximum Gasteiger partial charge on any atom is 0.0701 e. The highest BCUT2D eigenvalue weighted by Crippen LogP contribution is 2.39.